The second kappa shape index (κ2) is 8.03. The average molecular weight is 373 g/mol. The van der Waals surface area contributed by atoms with Crippen molar-refractivity contribution in [3.05, 3.63) is 34.1 Å². The summed E-state index contributed by atoms with van der Waals surface area (Å²) in [6, 6.07) is 1.42. The van der Waals surface area contributed by atoms with Gasteiger partial charge in [-0.2, -0.15) is 9.59 Å². The maximum Gasteiger partial charge on any atom is 0.373 e. The molecule has 4 rings (SSSR count). The molecule has 1 heterocycles. The van der Waals surface area contributed by atoms with Crippen LogP contribution in [0.2, 0.25) is 0 Å². The number of halogens is 1. The van der Waals surface area contributed by atoms with Gasteiger partial charge in [-0.1, -0.05) is 5.57 Å². The third-order valence-electron chi connectivity index (χ3n) is 5.67. The van der Waals surface area contributed by atoms with Crippen LogP contribution in [-0.2, 0) is 16.0 Å². The number of benzene rings is 1. The van der Waals surface area contributed by atoms with Gasteiger partial charge < -0.3 is 16.4 Å². The van der Waals surface area contributed by atoms with Crippen molar-refractivity contribution in [1.82, 2.24) is 0 Å². The van der Waals surface area contributed by atoms with E-state index in [0.717, 1.165) is 56.2 Å². The van der Waals surface area contributed by atoms with Gasteiger partial charge in [0.05, 0.1) is 5.69 Å². The Hall–Kier alpha value is -2.50. The summed E-state index contributed by atoms with van der Waals surface area (Å²) in [6.07, 6.45) is 7.26. The van der Waals surface area contributed by atoms with E-state index in [9.17, 15) is 4.79 Å². The highest BCUT2D eigenvalue weighted by Crippen LogP contribution is 2.48. The molecule has 2 aliphatic carbocycles. The molecule has 144 valence electrons. The van der Waals surface area contributed by atoms with Crippen LogP contribution in [0.1, 0.15) is 60.0 Å². The number of primary amides is 1. The van der Waals surface area contributed by atoms with Gasteiger partial charge in [-0.25, -0.2) is 4.39 Å². The second-order valence-corrected chi connectivity index (χ2v) is 7.37. The summed E-state index contributed by atoms with van der Waals surface area (Å²) in [5.74, 6) is -0.872. The van der Waals surface area contributed by atoms with Gasteiger partial charge >= 0.3 is 6.15 Å². The molecule has 0 saturated carbocycles. The van der Waals surface area contributed by atoms with E-state index in [1.54, 1.807) is 0 Å². The molecular weight excluding hydrogens is 349 g/mol. The van der Waals surface area contributed by atoms with Crippen LogP contribution in [-0.4, -0.2) is 31.2 Å². The minimum absolute atomic E-state index is 0.0748. The molecule has 0 unspecified atom stereocenters. The molecule has 7 heteroatoms. The first-order valence-corrected chi connectivity index (χ1v) is 9.34. The maximum atomic E-state index is 15.0. The van der Waals surface area contributed by atoms with Crippen LogP contribution >= 0.6 is 0 Å². The lowest BCUT2D eigenvalue weighted by Crippen LogP contribution is -2.43. The number of amides is 1. The van der Waals surface area contributed by atoms with Crippen LogP contribution < -0.4 is 16.4 Å². The highest BCUT2D eigenvalue weighted by Gasteiger charge is 2.34. The summed E-state index contributed by atoms with van der Waals surface area (Å²) in [5, 5.41) is 0. The fourth-order valence-electron chi connectivity index (χ4n) is 4.61. The van der Waals surface area contributed by atoms with Crippen molar-refractivity contribution in [3.8, 4) is 0 Å². The molecule has 0 bridgehead atoms. The van der Waals surface area contributed by atoms with E-state index in [1.165, 1.54) is 23.6 Å². The Morgan fingerprint density at radius 1 is 1.22 bits per heavy atom. The van der Waals surface area contributed by atoms with Crippen LogP contribution in [0.3, 0.4) is 0 Å². The van der Waals surface area contributed by atoms with Crippen LogP contribution in [0.25, 0.3) is 5.57 Å². The molecule has 3 aliphatic rings. The molecular formula is C20H24FN3O3. The summed E-state index contributed by atoms with van der Waals surface area (Å²) in [5.41, 5.74) is 17.2. The number of hydrogen-bond acceptors (Lipinski definition) is 5. The topological polar surface area (TPSA) is 106 Å². The Balaban J connectivity index is 0.000000659. The molecule has 0 radical (unpaired) electrons. The lowest BCUT2D eigenvalue weighted by Gasteiger charge is -2.35. The zero-order valence-electron chi connectivity index (χ0n) is 15.2. The zero-order valence-corrected chi connectivity index (χ0v) is 15.2. The molecule has 1 saturated heterocycles. The fourth-order valence-corrected chi connectivity index (χ4v) is 4.61. The fraction of sp³-hybridized carbons (Fsp3) is 0.500. The molecule has 1 atom stereocenters. The number of hydrogen-bond donors (Lipinski definition) is 2. The van der Waals surface area contributed by atoms with Crippen molar-refractivity contribution >= 4 is 23.3 Å². The van der Waals surface area contributed by atoms with E-state index < -0.39 is 5.91 Å². The van der Waals surface area contributed by atoms with Crippen LogP contribution in [0, 0.1) is 5.82 Å². The summed E-state index contributed by atoms with van der Waals surface area (Å²) < 4.78 is 15.0. The first-order chi connectivity index (χ1) is 13.0. The summed E-state index contributed by atoms with van der Waals surface area (Å²) in [7, 11) is 0. The standard InChI is InChI=1S/C19H24FN3O.CO2/c20-16-9-15(19(22)24)14-8-11-4-1-2-6-13(11)17(14)18(16)23-7-3-5-12(21)10-23;2-1-3/h9,12H,1-8,10,21H2,(H2,22,24);/t12-;/m0./s1. The Labute approximate surface area is 157 Å². The quantitative estimate of drug-likeness (QED) is 0.826. The van der Waals surface area contributed by atoms with E-state index in [0.29, 0.717) is 17.8 Å². The number of fused-ring (bicyclic) bond motifs is 2. The van der Waals surface area contributed by atoms with E-state index in [1.807, 2.05) is 0 Å². The largest absolute Gasteiger partial charge is 0.373 e. The van der Waals surface area contributed by atoms with Gasteiger partial charge in [-0.3, -0.25) is 4.79 Å². The van der Waals surface area contributed by atoms with E-state index in [4.69, 9.17) is 21.1 Å². The lowest BCUT2D eigenvalue weighted by atomic mass is 9.90. The number of piperidine rings is 1. The van der Waals surface area contributed by atoms with Gasteiger partial charge in [0.1, 0.15) is 5.82 Å². The van der Waals surface area contributed by atoms with Crippen molar-refractivity contribution in [1.29, 1.82) is 0 Å². The Bertz CT molecular complexity index is 828. The van der Waals surface area contributed by atoms with Gasteiger partial charge in [-0.05, 0) is 62.1 Å². The molecule has 1 aromatic carbocycles. The maximum absolute atomic E-state index is 15.0. The lowest BCUT2D eigenvalue weighted by molar-refractivity contribution is -0.191. The third-order valence-corrected chi connectivity index (χ3v) is 5.67. The predicted molar refractivity (Wildman–Crippen MR) is 98.4 cm³/mol. The summed E-state index contributed by atoms with van der Waals surface area (Å²) >= 11 is 0. The Morgan fingerprint density at radius 3 is 2.59 bits per heavy atom. The first kappa shape index (κ1) is 19.3. The van der Waals surface area contributed by atoms with Crippen molar-refractivity contribution < 1.29 is 18.8 Å². The van der Waals surface area contributed by atoms with Crippen molar-refractivity contribution in [3.63, 3.8) is 0 Å². The molecule has 0 spiro atoms. The van der Waals surface area contributed by atoms with Crippen LogP contribution in [0.5, 0.6) is 0 Å². The molecule has 4 N–H and O–H groups in total. The number of anilines is 1. The third kappa shape index (κ3) is 3.66. The van der Waals surface area contributed by atoms with Crippen molar-refractivity contribution in [2.75, 3.05) is 18.0 Å². The van der Waals surface area contributed by atoms with Gasteiger partial charge in [-0.15, -0.1) is 0 Å². The highest BCUT2D eigenvalue weighted by molar-refractivity contribution is 5.99. The van der Waals surface area contributed by atoms with E-state index in [-0.39, 0.29) is 18.0 Å². The molecule has 1 fully saturated rings. The van der Waals surface area contributed by atoms with Crippen molar-refractivity contribution in [2.24, 2.45) is 11.5 Å². The van der Waals surface area contributed by atoms with E-state index >= 15 is 4.39 Å². The van der Waals surface area contributed by atoms with Gasteiger partial charge in [0.15, 0.2) is 0 Å². The minimum Gasteiger partial charge on any atom is -0.367 e. The summed E-state index contributed by atoms with van der Waals surface area (Å²) in [4.78, 5) is 30.2. The highest BCUT2D eigenvalue weighted by atomic mass is 19.1. The normalized spacial score (nSPS) is 21.0. The average Bonchev–Trinajstić information content (AvgIpc) is 3.01. The molecule has 27 heavy (non-hydrogen) atoms. The van der Waals surface area contributed by atoms with Gasteiger partial charge in [0.2, 0.25) is 5.91 Å². The molecule has 1 aliphatic heterocycles. The monoisotopic (exact) mass is 373 g/mol. The number of rotatable bonds is 2. The SMILES string of the molecule is NC(=O)c1cc(F)c(N2CCC[C@H](N)C2)c2c1CC1=C2CCCC1.O=C=O. The molecule has 1 aromatic rings. The Morgan fingerprint density at radius 2 is 1.93 bits per heavy atom. The van der Waals surface area contributed by atoms with Crippen molar-refractivity contribution in [2.45, 2.75) is 51.0 Å². The second-order valence-electron chi connectivity index (χ2n) is 7.37. The van der Waals surface area contributed by atoms with Gasteiger partial charge in [0, 0.05) is 30.3 Å². The summed E-state index contributed by atoms with van der Waals surface area (Å²) in [6.45, 7) is 1.48. The van der Waals surface area contributed by atoms with Gasteiger partial charge in [0.25, 0.3) is 0 Å². The predicted octanol–water partition coefficient (Wildman–Crippen LogP) is 2.15. The molecule has 0 aromatic heterocycles. The van der Waals surface area contributed by atoms with Crippen LogP contribution in [0.4, 0.5) is 10.1 Å². The smallest absolute Gasteiger partial charge is 0.367 e. The Kier molecular flexibility index (Phi) is 5.73. The first-order valence-electron chi connectivity index (χ1n) is 9.34. The van der Waals surface area contributed by atoms with Crippen LogP contribution in [0.15, 0.2) is 11.6 Å². The number of allylic oxidation sites excluding steroid dienone is 2. The molecule has 1 amide bonds. The number of nitrogens with zero attached hydrogens (tertiary/aromatic N) is 1. The number of carbonyl (C=O) groups is 1. The zero-order chi connectivity index (χ0) is 19.6. The minimum atomic E-state index is -0.535. The van der Waals surface area contributed by atoms with E-state index in [2.05, 4.69) is 4.90 Å². The number of nitrogens with two attached hydrogens (primary N) is 2. The number of carbonyl (C=O) groups excluding carboxylic acids is 3. The molecule has 6 nitrogen and oxygen atoms in total.